The Bertz CT molecular complexity index is 987. The number of amides is 1. The third kappa shape index (κ3) is 4.62. The summed E-state index contributed by atoms with van der Waals surface area (Å²) in [7, 11) is 0. The van der Waals surface area contributed by atoms with Crippen LogP contribution in [0.4, 0.5) is 11.5 Å². The number of nitrogens with one attached hydrogen (secondary N) is 1. The zero-order chi connectivity index (χ0) is 20.1. The van der Waals surface area contributed by atoms with E-state index in [0.29, 0.717) is 18.1 Å². The van der Waals surface area contributed by atoms with E-state index in [2.05, 4.69) is 50.5 Å². The molecule has 1 aliphatic rings. The van der Waals surface area contributed by atoms with Crippen molar-refractivity contribution in [3.63, 3.8) is 0 Å². The number of rotatable bonds is 6. The summed E-state index contributed by atoms with van der Waals surface area (Å²) in [5, 5.41) is 3.00. The van der Waals surface area contributed by atoms with Crippen LogP contribution in [0.2, 0.25) is 0 Å². The molecule has 0 aliphatic carbocycles. The molecule has 0 fully saturated rings. The van der Waals surface area contributed by atoms with Crippen LogP contribution in [0.25, 0.3) is 0 Å². The Balaban J connectivity index is 1.44. The first-order valence-corrected chi connectivity index (χ1v) is 10.2. The van der Waals surface area contributed by atoms with Gasteiger partial charge >= 0.3 is 0 Å². The summed E-state index contributed by atoms with van der Waals surface area (Å²) in [6, 6.07) is 20.5. The number of hydrogen-bond acceptors (Lipinski definition) is 4. The first-order valence-electron chi connectivity index (χ1n) is 10.2. The average molecular weight is 386 g/mol. The van der Waals surface area contributed by atoms with Gasteiger partial charge in [0.15, 0.2) is 0 Å². The second-order valence-electron chi connectivity index (χ2n) is 7.39. The Kier molecular flexibility index (Phi) is 5.84. The molecule has 0 radical (unpaired) electrons. The van der Waals surface area contributed by atoms with Gasteiger partial charge in [-0.3, -0.25) is 4.79 Å². The number of nitrogens with zero attached hydrogens (tertiary/aromatic N) is 3. The predicted molar refractivity (Wildman–Crippen MR) is 116 cm³/mol. The first kappa shape index (κ1) is 19.1. The number of carbonyl (C=O) groups excluding carboxylic acids is 1. The molecule has 0 atom stereocenters. The van der Waals surface area contributed by atoms with Crippen molar-refractivity contribution in [1.82, 2.24) is 15.3 Å². The van der Waals surface area contributed by atoms with Gasteiger partial charge in [-0.1, -0.05) is 48.5 Å². The highest BCUT2D eigenvalue weighted by Gasteiger charge is 2.21. The van der Waals surface area contributed by atoms with Gasteiger partial charge in [-0.25, -0.2) is 9.97 Å². The summed E-state index contributed by atoms with van der Waals surface area (Å²) in [5.74, 6) is 1.26. The van der Waals surface area contributed by atoms with E-state index in [1.165, 1.54) is 16.8 Å². The van der Waals surface area contributed by atoms with Gasteiger partial charge in [0.2, 0.25) is 0 Å². The van der Waals surface area contributed by atoms with Crippen molar-refractivity contribution in [3.8, 4) is 0 Å². The van der Waals surface area contributed by atoms with Gasteiger partial charge in [-0.15, -0.1) is 0 Å². The molecule has 0 unspecified atom stereocenters. The molecule has 2 aromatic carbocycles. The molecule has 1 aliphatic heterocycles. The molecule has 0 saturated carbocycles. The molecule has 1 aromatic heterocycles. The van der Waals surface area contributed by atoms with Crippen molar-refractivity contribution >= 4 is 17.4 Å². The molecule has 29 heavy (non-hydrogen) atoms. The number of carbonyl (C=O) groups is 1. The average Bonchev–Trinajstić information content (AvgIpc) is 2.76. The quantitative estimate of drug-likeness (QED) is 0.644. The van der Waals surface area contributed by atoms with E-state index in [-0.39, 0.29) is 5.91 Å². The molecule has 0 spiro atoms. The maximum Gasteiger partial charge on any atom is 0.270 e. The minimum absolute atomic E-state index is 0.143. The summed E-state index contributed by atoms with van der Waals surface area (Å²) < 4.78 is 0. The van der Waals surface area contributed by atoms with Gasteiger partial charge in [0, 0.05) is 24.8 Å². The van der Waals surface area contributed by atoms with E-state index in [9.17, 15) is 4.79 Å². The number of para-hydroxylation sites is 1. The molecule has 0 saturated heterocycles. The molecule has 4 rings (SSSR count). The highest BCUT2D eigenvalue weighted by atomic mass is 16.1. The van der Waals surface area contributed by atoms with Crippen molar-refractivity contribution < 1.29 is 4.79 Å². The molecular formula is C24H26N4O. The molecule has 2 heterocycles. The van der Waals surface area contributed by atoms with Crippen LogP contribution in [-0.2, 0) is 12.8 Å². The highest BCUT2D eigenvalue weighted by Crippen LogP contribution is 2.32. The zero-order valence-corrected chi connectivity index (χ0v) is 16.8. The maximum absolute atomic E-state index is 12.7. The largest absolute Gasteiger partial charge is 0.351 e. The van der Waals surface area contributed by atoms with Crippen LogP contribution >= 0.6 is 0 Å². The molecule has 148 valence electrons. The summed E-state index contributed by atoms with van der Waals surface area (Å²) in [6.45, 7) is 3.36. The lowest BCUT2D eigenvalue weighted by Crippen LogP contribution is -2.28. The van der Waals surface area contributed by atoms with Gasteiger partial charge in [0.25, 0.3) is 5.91 Å². The Labute approximate surface area is 171 Å². The van der Waals surface area contributed by atoms with Crippen LogP contribution in [-0.4, -0.2) is 29.0 Å². The molecule has 1 N–H and O–H groups in total. The van der Waals surface area contributed by atoms with Crippen molar-refractivity contribution in [2.75, 3.05) is 18.0 Å². The normalized spacial score (nSPS) is 13.1. The standard InChI is InChI=1S/C24H26N4O/c1-18-26-21(24(29)25-15-7-11-19-9-3-2-4-10-19)17-23(27-18)28-16-8-13-20-12-5-6-14-22(20)28/h2-6,9-10,12,14,17H,7-8,11,13,15-16H2,1H3,(H,25,29). The summed E-state index contributed by atoms with van der Waals surface area (Å²) in [4.78, 5) is 23.8. The second kappa shape index (κ2) is 8.86. The Morgan fingerprint density at radius 3 is 2.72 bits per heavy atom. The molecule has 5 nitrogen and oxygen atoms in total. The van der Waals surface area contributed by atoms with Crippen molar-refractivity contribution in [2.24, 2.45) is 0 Å². The molecule has 5 heteroatoms. The second-order valence-corrected chi connectivity index (χ2v) is 7.39. The third-order valence-corrected chi connectivity index (χ3v) is 5.21. The number of benzene rings is 2. The number of anilines is 2. The van der Waals surface area contributed by atoms with Gasteiger partial charge < -0.3 is 10.2 Å². The van der Waals surface area contributed by atoms with Crippen molar-refractivity contribution in [2.45, 2.75) is 32.6 Å². The molecule has 0 bridgehead atoms. The zero-order valence-electron chi connectivity index (χ0n) is 16.8. The minimum Gasteiger partial charge on any atom is -0.351 e. The van der Waals surface area contributed by atoms with Gasteiger partial charge in [0.1, 0.15) is 17.3 Å². The Morgan fingerprint density at radius 2 is 1.86 bits per heavy atom. The van der Waals surface area contributed by atoms with E-state index in [1.54, 1.807) is 0 Å². The molecule has 1 amide bonds. The fourth-order valence-corrected chi connectivity index (χ4v) is 3.81. The lowest BCUT2D eigenvalue weighted by molar-refractivity contribution is 0.0948. The van der Waals surface area contributed by atoms with E-state index in [4.69, 9.17) is 0 Å². The molecule has 3 aromatic rings. The van der Waals surface area contributed by atoms with Crippen LogP contribution in [0.1, 0.15) is 40.3 Å². The smallest absolute Gasteiger partial charge is 0.270 e. The summed E-state index contributed by atoms with van der Waals surface area (Å²) in [6.07, 6.45) is 3.98. The summed E-state index contributed by atoms with van der Waals surface area (Å²) in [5.41, 5.74) is 4.20. The van der Waals surface area contributed by atoms with Gasteiger partial charge in [0.05, 0.1) is 0 Å². The lowest BCUT2D eigenvalue weighted by Gasteiger charge is -2.30. The SMILES string of the molecule is Cc1nc(C(=O)NCCCc2ccccc2)cc(N2CCCc3ccccc32)n1. The number of aryl methyl sites for hydroxylation is 3. The van der Waals surface area contributed by atoms with E-state index < -0.39 is 0 Å². The van der Waals surface area contributed by atoms with Crippen LogP contribution in [0.15, 0.2) is 60.7 Å². The van der Waals surface area contributed by atoms with E-state index >= 15 is 0 Å². The third-order valence-electron chi connectivity index (χ3n) is 5.21. The van der Waals surface area contributed by atoms with E-state index in [0.717, 1.165) is 38.0 Å². The van der Waals surface area contributed by atoms with Crippen LogP contribution in [0.3, 0.4) is 0 Å². The van der Waals surface area contributed by atoms with Crippen molar-refractivity contribution in [3.05, 3.63) is 83.3 Å². The molecular weight excluding hydrogens is 360 g/mol. The van der Waals surface area contributed by atoms with Gasteiger partial charge in [-0.2, -0.15) is 0 Å². The number of fused-ring (bicyclic) bond motifs is 1. The monoisotopic (exact) mass is 386 g/mol. The van der Waals surface area contributed by atoms with Gasteiger partial charge in [-0.05, 0) is 49.8 Å². The topological polar surface area (TPSA) is 58.1 Å². The maximum atomic E-state index is 12.7. The number of aromatic nitrogens is 2. The number of hydrogen-bond donors (Lipinski definition) is 1. The minimum atomic E-state index is -0.143. The predicted octanol–water partition coefficient (Wildman–Crippen LogP) is 4.23. The van der Waals surface area contributed by atoms with Crippen molar-refractivity contribution in [1.29, 1.82) is 0 Å². The lowest BCUT2D eigenvalue weighted by atomic mass is 10.0. The van der Waals surface area contributed by atoms with E-state index in [1.807, 2.05) is 37.3 Å². The Morgan fingerprint density at radius 1 is 1.07 bits per heavy atom. The fourth-order valence-electron chi connectivity index (χ4n) is 3.81. The van der Waals surface area contributed by atoms with Crippen LogP contribution in [0, 0.1) is 6.92 Å². The Hall–Kier alpha value is -3.21. The fraction of sp³-hybridized carbons (Fsp3) is 0.292. The first-order chi connectivity index (χ1) is 14.2. The van der Waals surface area contributed by atoms with Crippen LogP contribution in [0.5, 0.6) is 0 Å². The highest BCUT2D eigenvalue weighted by molar-refractivity contribution is 5.93. The van der Waals surface area contributed by atoms with Crippen LogP contribution < -0.4 is 10.2 Å². The summed E-state index contributed by atoms with van der Waals surface area (Å²) >= 11 is 0.